The van der Waals surface area contributed by atoms with Crippen molar-refractivity contribution in [2.24, 2.45) is 0 Å². The van der Waals surface area contributed by atoms with Gasteiger partial charge in [0.15, 0.2) is 0 Å². The quantitative estimate of drug-likeness (QED) is 0.795. The normalized spacial score (nSPS) is 28.6. The first-order chi connectivity index (χ1) is 8.23. The van der Waals surface area contributed by atoms with Crippen LogP contribution in [0.25, 0.3) is 0 Å². The Morgan fingerprint density at radius 1 is 0.941 bits per heavy atom. The first kappa shape index (κ1) is 13.4. The van der Waals surface area contributed by atoms with Crippen LogP contribution in [-0.4, -0.2) is 36.6 Å². The summed E-state index contributed by atoms with van der Waals surface area (Å²) in [7, 11) is 2.12. The molecule has 0 aromatic carbocycles. The number of nitrogens with one attached hydrogen (secondary N) is 1. The fraction of sp³-hybridized carbons (Fsp3) is 1.00. The molecule has 0 bridgehead atoms. The van der Waals surface area contributed by atoms with Crippen molar-refractivity contribution < 1.29 is 0 Å². The summed E-state index contributed by atoms with van der Waals surface area (Å²) in [4.78, 5) is 2.78. The van der Waals surface area contributed by atoms with Crippen LogP contribution in [0.5, 0.6) is 0 Å². The smallest absolute Gasteiger partial charge is 0.0174 e. The first-order valence-corrected chi connectivity index (χ1v) is 7.66. The van der Waals surface area contributed by atoms with Gasteiger partial charge in [-0.1, -0.05) is 32.1 Å². The van der Waals surface area contributed by atoms with Gasteiger partial charge in [-0.3, -0.25) is 0 Å². The predicted octanol–water partition coefficient (Wildman–Crippen LogP) is 3.17. The van der Waals surface area contributed by atoms with E-state index in [1.165, 1.54) is 70.9 Å². The zero-order valence-corrected chi connectivity index (χ0v) is 11.8. The molecule has 0 aromatic heterocycles. The van der Waals surface area contributed by atoms with Crippen molar-refractivity contribution in [1.29, 1.82) is 0 Å². The predicted molar refractivity (Wildman–Crippen MR) is 74.4 cm³/mol. The van der Waals surface area contributed by atoms with Crippen molar-refractivity contribution in [3.8, 4) is 0 Å². The molecule has 17 heavy (non-hydrogen) atoms. The van der Waals surface area contributed by atoms with Crippen LogP contribution in [0, 0.1) is 0 Å². The summed E-state index contributed by atoms with van der Waals surface area (Å²) in [6, 6.07) is 0.900. The number of hydrogen-bond acceptors (Lipinski definition) is 2. The highest BCUT2D eigenvalue weighted by atomic mass is 15.2. The van der Waals surface area contributed by atoms with Gasteiger partial charge in [-0.25, -0.2) is 0 Å². The van der Waals surface area contributed by atoms with Gasteiger partial charge in [0.25, 0.3) is 0 Å². The molecule has 0 unspecified atom stereocenters. The molecule has 1 aliphatic heterocycles. The Morgan fingerprint density at radius 3 is 2.00 bits per heavy atom. The van der Waals surface area contributed by atoms with E-state index >= 15 is 0 Å². The standard InChI is InChI=1S/C15H30N2/c1-15(16-2)10-12-17(13-11-15)14-8-6-4-3-5-7-9-14/h14,16H,3-13H2,1-2H3. The largest absolute Gasteiger partial charge is 0.314 e. The molecule has 2 fully saturated rings. The highest BCUT2D eigenvalue weighted by Gasteiger charge is 2.31. The van der Waals surface area contributed by atoms with Gasteiger partial charge < -0.3 is 10.2 Å². The van der Waals surface area contributed by atoms with Crippen LogP contribution in [0.15, 0.2) is 0 Å². The maximum absolute atomic E-state index is 3.50. The van der Waals surface area contributed by atoms with Crippen molar-refractivity contribution in [2.75, 3.05) is 20.1 Å². The molecule has 1 heterocycles. The molecule has 1 saturated heterocycles. The molecule has 2 aliphatic rings. The van der Waals surface area contributed by atoms with E-state index in [0.717, 1.165) is 6.04 Å². The lowest BCUT2D eigenvalue weighted by Gasteiger charge is -2.43. The second-order valence-electron chi connectivity index (χ2n) is 6.35. The van der Waals surface area contributed by atoms with Gasteiger partial charge in [0.05, 0.1) is 0 Å². The Balaban J connectivity index is 1.82. The van der Waals surface area contributed by atoms with E-state index in [-0.39, 0.29) is 0 Å². The Hall–Kier alpha value is -0.0800. The summed E-state index contributed by atoms with van der Waals surface area (Å²) < 4.78 is 0. The lowest BCUT2D eigenvalue weighted by molar-refractivity contribution is 0.0953. The lowest BCUT2D eigenvalue weighted by Crippen LogP contribution is -2.52. The third-order valence-corrected chi connectivity index (χ3v) is 5.10. The van der Waals surface area contributed by atoms with E-state index in [9.17, 15) is 0 Å². The zero-order valence-electron chi connectivity index (χ0n) is 11.8. The molecule has 2 nitrogen and oxygen atoms in total. The molecule has 2 rings (SSSR count). The first-order valence-electron chi connectivity index (χ1n) is 7.66. The molecule has 0 atom stereocenters. The zero-order chi connectivity index (χ0) is 12.1. The Labute approximate surface area is 107 Å². The van der Waals surface area contributed by atoms with E-state index in [1.807, 2.05) is 0 Å². The molecule has 1 N–H and O–H groups in total. The average Bonchev–Trinajstić information content (AvgIpc) is 2.31. The summed E-state index contributed by atoms with van der Waals surface area (Å²) in [6.07, 6.45) is 12.9. The van der Waals surface area contributed by atoms with Crippen molar-refractivity contribution in [1.82, 2.24) is 10.2 Å². The molecule has 1 saturated carbocycles. The maximum atomic E-state index is 3.50. The highest BCUT2D eigenvalue weighted by Crippen LogP contribution is 2.27. The van der Waals surface area contributed by atoms with Crippen LogP contribution in [0.3, 0.4) is 0 Å². The number of hydrogen-bond donors (Lipinski definition) is 1. The van der Waals surface area contributed by atoms with Crippen LogP contribution in [0.2, 0.25) is 0 Å². The van der Waals surface area contributed by atoms with Crippen LogP contribution in [0.4, 0.5) is 0 Å². The minimum atomic E-state index is 0.401. The molecule has 100 valence electrons. The lowest BCUT2D eigenvalue weighted by atomic mass is 9.87. The topological polar surface area (TPSA) is 15.3 Å². The van der Waals surface area contributed by atoms with Gasteiger partial charge in [0.2, 0.25) is 0 Å². The number of piperidine rings is 1. The van der Waals surface area contributed by atoms with Gasteiger partial charge in [0, 0.05) is 24.7 Å². The Bertz CT molecular complexity index is 211. The second kappa shape index (κ2) is 6.19. The SMILES string of the molecule is CNC1(C)CCN(C2CCCCCCC2)CC1. The van der Waals surface area contributed by atoms with Gasteiger partial charge in [-0.05, 0) is 39.7 Å². The number of likely N-dealkylation sites (tertiary alicyclic amines) is 1. The molecule has 0 aromatic rings. The minimum absolute atomic E-state index is 0.401. The van der Waals surface area contributed by atoms with Crippen LogP contribution in [0.1, 0.15) is 64.7 Å². The minimum Gasteiger partial charge on any atom is -0.314 e. The van der Waals surface area contributed by atoms with Crippen LogP contribution in [-0.2, 0) is 0 Å². The monoisotopic (exact) mass is 238 g/mol. The van der Waals surface area contributed by atoms with Crippen molar-refractivity contribution in [3.63, 3.8) is 0 Å². The van der Waals surface area contributed by atoms with Crippen LogP contribution >= 0.6 is 0 Å². The number of rotatable bonds is 2. The third-order valence-electron chi connectivity index (χ3n) is 5.10. The molecule has 1 aliphatic carbocycles. The molecule has 0 spiro atoms. The fourth-order valence-electron chi connectivity index (χ4n) is 3.43. The number of nitrogens with zero attached hydrogens (tertiary/aromatic N) is 1. The molecular weight excluding hydrogens is 208 g/mol. The highest BCUT2D eigenvalue weighted by molar-refractivity contribution is 4.90. The van der Waals surface area contributed by atoms with Crippen molar-refractivity contribution in [3.05, 3.63) is 0 Å². The van der Waals surface area contributed by atoms with E-state index in [2.05, 4.69) is 24.2 Å². The average molecular weight is 238 g/mol. The molecule has 0 amide bonds. The van der Waals surface area contributed by atoms with E-state index in [4.69, 9.17) is 0 Å². The summed E-state index contributed by atoms with van der Waals surface area (Å²) in [6.45, 7) is 4.99. The second-order valence-corrected chi connectivity index (χ2v) is 6.35. The van der Waals surface area contributed by atoms with Crippen molar-refractivity contribution in [2.45, 2.75) is 76.3 Å². The summed E-state index contributed by atoms with van der Waals surface area (Å²) in [5.74, 6) is 0. The van der Waals surface area contributed by atoms with Crippen LogP contribution < -0.4 is 5.32 Å². The van der Waals surface area contributed by atoms with E-state index in [0.29, 0.717) is 5.54 Å². The van der Waals surface area contributed by atoms with Gasteiger partial charge in [0.1, 0.15) is 0 Å². The molecule has 0 radical (unpaired) electrons. The van der Waals surface area contributed by atoms with E-state index in [1.54, 1.807) is 0 Å². The Morgan fingerprint density at radius 2 is 1.47 bits per heavy atom. The van der Waals surface area contributed by atoms with E-state index < -0.39 is 0 Å². The molecule has 2 heteroatoms. The van der Waals surface area contributed by atoms with Gasteiger partial charge in [-0.15, -0.1) is 0 Å². The summed E-state index contributed by atoms with van der Waals surface area (Å²) in [5, 5.41) is 3.50. The Kier molecular flexibility index (Phi) is 4.87. The van der Waals surface area contributed by atoms with Crippen molar-refractivity contribution >= 4 is 0 Å². The fourth-order valence-corrected chi connectivity index (χ4v) is 3.43. The summed E-state index contributed by atoms with van der Waals surface area (Å²) >= 11 is 0. The van der Waals surface area contributed by atoms with Gasteiger partial charge in [-0.2, -0.15) is 0 Å². The molecular formula is C15H30N2. The third kappa shape index (κ3) is 3.69. The maximum Gasteiger partial charge on any atom is 0.0174 e. The summed E-state index contributed by atoms with van der Waals surface area (Å²) in [5.41, 5.74) is 0.401. The van der Waals surface area contributed by atoms with Gasteiger partial charge >= 0.3 is 0 Å².